The van der Waals surface area contributed by atoms with Gasteiger partial charge in [-0.3, -0.25) is 33.5 Å². The van der Waals surface area contributed by atoms with E-state index in [9.17, 15) is 41.1 Å². The highest BCUT2D eigenvalue weighted by Crippen LogP contribution is 2.39. The molecule has 3 fully saturated rings. The molecule has 302 valence electrons. The Morgan fingerprint density at radius 1 is 1.04 bits per heavy atom. The number of hydrogen-bond acceptors (Lipinski definition) is 9. The van der Waals surface area contributed by atoms with Crippen molar-refractivity contribution in [2.45, 2.75) is 82.2 Å². The standard InChI is InChI=1S/C37H40F5N11O4/c1-48-31-26(4-2-5-27(31)53(36(48)57)28-10-11-29(54)46-35(28)56)49-16-12-22(13-17-49)50(37(40,41)42)19-21-6-8-23(9-7-21)52-20-25(30(47-52)32(38)39)45-34(55)24-18-44-51-15-3-14-43-33(24)51/h2-5,14-15,18,20-23,28,32H,6-13,16-17,19H2,1H3,(H,45,55)(H,46,54,56). The van der Waals surface area contributed by atoms with Crippen LogP contribution in [-0.2, 0) is 16.6 Å². The fraction of sp³-hybridized carbons (Fsp3) is 0.486. The minimum absolute atomic E-state index is 0.0926. The molecule has 15 nitrogen and oxygen atoms in total. The van der Waals surface area contributed by atoms with Crippen molar-refractivity contribution in [2.24, 2.45) is 13.0 Å². The van der Waals surface area contributed by atoms with Crippen LogP contribution in [0.15, 0.2) is 53.8 Å². The van der Waals surface area contributed by atoms with E-state index in [4.69, 9.17) is 0 Å². The van der Waals surface area contributed by atoms with Gasteiger partial charge >= 0.3 is 12.0 Å². The number of nitrogens with zero attached hydrogens (tertiary/aromatic N) is 9. The van der Waals surface area contributed by atoms with Crippen LogP contribution in [0.1, 0.15) is 85.9 Å². The second-order valence-electron chi connectivity index (χ2n) is 14.9. The van der Waals surface area contributed by atoms with E-state index >= 15 is 0 Å². The van der Waals surface area contributed by atoms with Gasteiger partial charge in [-0.05, 0) is 69.1 Å². The number of alkyl halides is 5. The Morgan fingerprint density at radius 2 is 1.79 bits per heavy atom. The van der Waals surface area contributed by atoms with E-state index in [1.165, 1.54) is 36.9 Å². The molecular weight excluding hydrogens is 757 g/mol. The van der Waals surface area contributed by atoms with Gasteiger partial charge in [0.1, 0.15) is 11.6 Å². The molecule has 1 aliphatic carbocycles. The van der Waals surface area contributed by atoms with Crippen molar-refractivity contribution in [1.82, 2.24) is 43.7 Å². The van der Waals surface area contributed by atoms with Gasteiger partial charge in [0, 0.05) is 57.7 Å². The van der Waals surface area contributed by atoms with Crippen LogP contribution in [0.2, 0.25) is 0 Å². The van der Waals surface area contributed by atoms with Crippen LogP contribution >= 0.6 is 0 Å². The van der Waals surface area contributed by atoms with E-state index < -0.39 is 53.9 Å². The van der Waals surface area contributed by atoms with E-state index in [0.717, 1.165) is 0 Å². The van der Waals surface area contributed by atoms with Gasteiger partial charge in [0.15, 0.2) is 11.3 Å². The molecule has 1 atom stereocenters. The van der Waals surface area contributed by atoms with Crippen LogP contribution in [0.4, 0.5) is 33.3 Å². The van der Waals surface area contributed by atoms with E-state index in [2.05, 4.69) is 25.8 Å². The molecule has 0 spiro atoms. The Morgan fingerprint density at radius 3 is 2.49 bits per heavy atom. The third-order valence-electron chi connectivity index (χ3n) is 11.6. The van der Waals surface area contributed by atoms with Crippen LogP contribution in [0.3, 0.4) is 0 Å². The van der Waals surface area contributed by atoms with Crippen molar-refractivity contribution in [3.8, 4) is 0 Å². The summed E-state index contributed by atoms with van der Waals surface area (Å²) >= 11 is 0. The monoisotopic (exact) mass is 797 g/mol. The number of nitrogens with one attached hydrogen (secondary N) is 2. The van der Waals surface area contributed by atoms with Crippen molar-refractivity contribution in [3.63, 3.8) is 0 Å². The van der Waals surface area contributed by atoms with Gasteiger partial charge in [-0.25, -0.2) is 28.0 Å². The molecule has 3 aliphatic rings. The van der Waals surface area contributed by atoms with Crippen molar-refractivity contribution >= 4 is 45.8 Å². The fourth-order valence-corrected chi connectivity index (χ4v) is 8.68. The molecule has 5 aromatic rings. The Balaban J connectivity index is 0.913. The number of piperidine rings is 2. The maximum absolute atomic E-state index is 14.7. The highest BCUT2D eigenvalue weighted by Gasteiger charge is 2.44. The lowest BCUT2D eigenvalue weighted by Gasteiger charge is -2.42. The summed E-state index contributed by atoms with van der Waals surface area (Å²) in [5.74, 6) is -1.92. The molecule has 0 radical (unpaired) electrons. The smallest absolute Gasteiger partial charge is 0.370 e. The number of aromatic nitrogens is 7. The first-order valence-corrected chi connectivity index (χ1v) is 18.9. The van der Waals surface area contributed by atoms with Gasteiger partial charge in [0.2, 0.25) is 11.8 Å². The maximum atomic E-state index is 14.7. The van der Waals surface area contributed by atoms with Crippen LogP contribution in [0.25, 0.3) is 16.7 Å². The SMILES string of the molecule is Cn1c(=O)n(C2CCC(=O)NC2=O)c2cccc(N3CCC(N(CC4CCC(n5cc(NC(=O)c6cnn7cccnc67)c(C(F)F)n5)CC4)C(F)(F)F)CC3)c21. The number of benzene rings is 1. The summed E-state index contributed by atoms with van der Waals surface area (Å²) in [5, 5.41) is 13.0. The maximum Gasteiger partial charge on any atom is 0.460 e. The van der Waals surface area contributed by atoms with E-state index in [0.29, 0.717) is 60.4 Å². The van der Waals surface area contributed by atoms with Gasteiger partial charge in [0.25, 0.3) is 12.3 Å². The number of para-hydroxylation sites is 1. The minimum Gasteiger partial charge on any atom is -0.370 e. The number of amides is 3. The zero-order chi connectivity index (χ0) is 40.2. The first-order chi connectivity index (χ1) is 27.3. The number of carbonyl (C=O) groups is 3. The summed E-state index contributed by atoms with van der Waals surface area (Å²) in [5.41, 5.74) is 0.905. The molecule has 2 saturated heterocycles. The average Bonchev–Trinajstić information content (AvgIpc) is 3.88. The Hall–Kier alpha value is -5.66. The van der Waals surface area contributed by atoms with Gasteiger partial charge < -0.3 is 10.2 Å². The number of aryl methyl sites for hydroxylation is 1. The number of imidazole rings is 1. The summed E-state index contributed by atoms with van der Waals surface area (Å²) in [4.78, 5) is 57.6. The van der Waals surface area contributed by atoms with Crippen LogP contribution in [0.5, 0.6) is 0 Å². The summed E-state index contributed by atoms with van der Waals surface area (Å²) in [6.45, 7) is 0.412. The van der Waals surface area contributed by atoms with Gasteiger partial charge in [-0.1, -0.05) is 6.07 Å². The Kier molecular flexibility index (Phi) is 10.1. The molecule has 8 rings (SSSR count). The predicted octanol–water partition coefficient (Wildman–Crippen LogP) is 4.97. The third-order valence-corrected chi connectivity index (χ3v) is 11.6. The number of carbonyl (C=O) groups excluding carboxylic acids is 3. The normalized spacial score (nSPS) is 21.3. The summed E-state index contributed by atoms with van der Waals surface area (Å²) in [6, 6.07) is 4.95. The molecule has 1 saturated carbocycles. The molecule has 20 heteroatoms. The number of rotatable bonds is 9. The Labute approximate surface area is 321 Å². The van der Waals surface area contributed by atoms with E-state index in [1.807, 2.05) is 11.0 Å². The van der Waals surface area contributed by atoms with E-state index in [-0.39, 0.29) is 61.1 Å². The molecule has 0 bridgehead atoms. The van der Waals surface area contributed by atoms with Crippen LogP contribution in [-0.4, -0.2) is 88.1 Å². The second-order valence-corrected chi connectivity index (χ2v) is 14.9. The number of fused-ring (bicyclic) bond motifs is 2. The second kappa shape index (κ2) is 15.0. The lowest BCUT2D eigenvalue weighted by atomic mass is 9.85. The molecule has 1 aromatic carbocycles. The first kappa shape index (κ1) is 38.2. The zero-order valence-electron chi connectivity index (χ0n) is 30.8. The average molecular weight is 798 g/mol. The van der Waals surface area contributed by atoms with Crippen molar-refractivity contribution < 1.29 is 36.3 Å². The number of imide groups is 1. The number of halogens is 5. The van der Waals surface area contributed by atoms with Crippen molar-refractivity contribution in [3.05, 3.63) is 70.8 Å². The quantitative estimate of drug-likeness (QED) is 0.120. The molecule has 6 heterocycles. The number of anilines is 2. The third kappa shape index (κ3) is 7.25. The molecule has 1 unspecified atom stereocenters. The topological polar surface area (TPSA) is 157 Å². The molecule has 2 aliphatic heterocycles. The molecule has 3 amide bonds. The summed E-state index contributed by atoms with van der Waals surface area (Å²) < 4.78 is 77.7. The van der Waals surface area contributed by atoms with Crippen molar-refractivity contribution in [2.75, 3.05) is 29.9 Å². The molecular formula is C37H40F5N11O4. The minimum atomic E-state index is -4.58. The van der Waals surface area contributed by atoms with Crippen molar-refractivity contribution in [1.29, 1.82) is 0 Å². The zero-order valence-corrected chi connectivity index (χ0v) is 30.8. The Bertz CT molecular complexity index is 2390. The van der Waals surface area contributed by atoms with Gasteiger partial charge in [-0.2, -0.15) is 23.4 Å². The summed E-state index contributed by atoms with van der Waals surface area (Å²) in [6.07, 6.45) is 0.566. The number of hydrogen-bond donors (Lipinski definition) is 2. The molecule has 2 N–H and O–H groups in total. The van der Waals surface area contributed by atoms with Gasteiger partial charge in [0.05, 0.1) is 34.6 Å². The van der Waals surface area contributed by atoms with Crippen LogP contribution < -0.4 is 21.2 Å². The summed E-state index contributed by atoms with van der Waals surface area (Å²) in [7, 11) is 1.59. The fourth-order valence-electron chi connectivity index (χ4n) is 8.68. The van der Waals surface area contributed by atoms with Crippen LogP contribution in [0, 0.1) is 5.92 Å². The molecule has 57 heavy (non-hydrogen) atoms. The highest BCUT2D eigenvalue weighted by molar-refractivity contribution is 6.08. The largest absolute Gasteiger partial charge is 0.460 e. The predicted molar refractivity (Wildman–Crippen MR) is 196 cm³/mol. The molecule has 4 aromatic heterocycles. The lowest BCUT2D eigenvalue weighted by molar-refractivity contribution is -0.264. The van der Waals surface area contributed by atoms with Gasteiger partial charge in [-0.15, -0.1) is 0 Å². The van der Waals surface area contributed by atoms with E-state index in [1.54, 1.807) is 31.4 Å². The highest BCUT2D eigenvalue weighted by atomic mass is 19.4. The lowest BCUT2D eigenvalue weighted by Crippen LogP contribution is -2.52. The first-order valence-electron chi connectivity index (χ1n) is 18.9.